The number of rotatable bonds is 1. The molecule has 0 unspecified atom stereocenters. The maximum Gasteiger partial charge on any atom is 0.231 e. The Morgan fingerprint density at radius 1 is 1.00 bits per heavy atom. The van der Waals surface area contributed by atoms with Gasteiger partial charge in [-0.25, -0.2) is 0 Å². The lowest BCUT2D eigenvalue weighted by atomic mass is 10.1. The molecule has 1 aromatic carbocycles. The Kier molecular flexibility index (Phi) is 2.37. The van der Waals surface area contributed by atoms with E-state index in [0.29, 0.717) is 6.79 Å². The highest BCUT2D eigenvalue weighted by molar-refractivity contribution is 5.96. The third-order valence-electron chi connectivity index (χ3n) is 4.16. The Hall–Kier alpha value is -1.84. The summed E-state index contributed by atoms with van der Waals surface area (Å²) in [6.07, 6.45) is 6.17. The van der Waals surface area contributed by atoms with Crippen LogP contribution >= 0.6 is 0 Å². The summed E-state index contributed by atoms with van der Waals surface area (Å²) < 4.78 is 13.2. The average molecular weight is 258 g/mol. The number of piperidine rings is 1. The zero-order valence-corrected chi connectivity index (χ0v) is 11.2. The zero-order valence-electron chi connectivity index (χ0n) is 11.2. The van der Waals surface area contributed by atoms with Gasteiger partial charge in [0, 0.05) is 37.8 Å². The van der Waals surface area contributed by atoms with Crippen LogP contribution in [0.25, 0.3) is 10.9 Å². The second-order valence-electron chi connectivity index (χ2n) is 5.40. The van der Waals surface area contributed by atoms with Crippen LogP contribution in [0.15, 0.2) is 18.3 Å². The molecule has 2 aliphatic heterocycles. The van der Waals surface area contributed by atoms with Crippen molar-refractivity contribution in [1.29, 1.82) is 0 Å². The molecule has 3 heterocycles. The standard InChI is InChI=1S/C15H18N2O2/c1-16-9-13(17-5-3-2-4-6-17)11-7-14-15(8-12(11)16)19-10-18-14/h7-9H,2-6,10H2,1H3. The van der Waals surface area contributed by atoms with E-state index < -0.39 is 0 Å². The van der Waals surface area contributed by atoms with E-state index in [2.05, 4.69) is 34.8 Å². The highest BCUT2D eigenvalue weighted by atomic mass is 16.7. The third-order valence-corrected chi connectivity index (χ3v) is 4.16. The predicted molar refractivity (Wildman–Crippen MR) is 75.1 cm³/mol. The number of aromatic nitrogens is 1. The van der Waals surface area contributed by atoms with Crippen LogP contribution < -0.4 is 14.4 Å². The van der Waals surface area contributed by atoms with Crippen LogP contribution in [0.1, 0.15) is 19.3 Å². The molecule has 4 rings (SSSR count). The van der Waals surface area contributed by atoms with E-state index in [1.165, 1.54) is 35.9 Å². The van der Waals surface area contributed by atoms with E-state index in [9.17, 15) is 0 Å². The van der Waals surface area contributed by atoms with Crippen LogP contribution in [0.4, 0.5) is 5.69 Å². The number of aryl methyl sites for hydroxylation is 1. The maximum atomic E-state index is 5.51. The van der Waals surface area contributed by atoms with Gasteiger partial charge in [-0.3, -0.25) is 0 Å². The fraction of sp³-hybridized carbons (Fsp3) is 0.467. The number of benzene rings is 1. The minimum atomic E-state index is 0.338. The van der Waals surface area contributed by atoms with Crippen LogP contribution in [0.3, 0.4) is 0 Å². The first kappa shape index (κ1) is 11.0. The third kappa shape index (κ3) is 1.66. The van der Waals surface area contributed by atoms with Gasteiger partial charge in [0.15, 0.2) is 11.5 Å². The zero-order chi connectivity index (χ0) is 12.8. The summed E-state index contributed by atoms with van der Waals surface area (Å²) in [6.45, 7) is 2.66. The van der Waals surface area contributed by atoms with Crippen LogP contribution in [0.5, 0.6) is 11.5 Å². The van der Waals surface area contributed by atoms with Crippen molar-refractivity contribution < 1.29 is 9.47 Å². The van der Waals surface area contributed by atoms with Gasteiger partial charge in [-0.05, 0) is 25.3 Å². The van der Waals surface area contributed by atoms with Gasteiger partial charge in [0.2, 0.25) is 6.79 Å². The van der Waals surface area contributed by atoms with E-state index >= 15 is 0 Å². The van der Waals surface area contributed by atoms with E-state index in [4.69, 9.17) is 9.47 Å². The smallest absolute Gasteiger partial charge is 0.231 e. The lowest BCUT2D eigenvalue weighted by molar-refractivity contribution is 0.174. The predicted octanol–water partition coefficient (Wildman–Crippen LogP) is 2.90. The SMILES string of the molecule is Cn1cc(N2CCCCC2)c2cc3c(cc21)OCO3. The monoisotopic (exact) mass is 258 g/mol. The van der Waals surface area contributed by atoms with Crippen molar-refractivity contribution in [2.24, 2.45) is 7.05 Å². The number of nitrogens with zero attached hydrogens (tertiary/aromatic N) is 2. The second kappa shape index (κ2) is 4.08. The fourth-order valence-corrected chi connectivity index (χ4v) is 3.14. The second-order valence-corrected chi connectivity index (χ2v) is 5.40. The van der Waals surface area contributed by atoms with Crippen molar-refractivity contribution in [2.45, 2.75) is 19.3 Å². The highest BCUT2D eigenvalue weighted by Crippen LogP contribution is 2.40. The fourth-order valence-electron chi connectivity index (χ4n) is 3.14. The Morgan fingerprint density at radius 3 is 2.53 bits per heavy atom. The van der Waals surface area contributed by atoms with Gasteiger partial charge in [0.25, 0.3) is 0 Å². The van der Waals surface area contributed by atoms with Gasteiger partial charge in [-0.2, -0.15) is 0 Å². The van der Waals surface area contributed by atoms with Gasteiger partial charge in [-0.15, -0.1) is 0 Å². The number of anilines is 1. The average Bonchev–Trinajstić information content (AvgIpc) is 3.02. The molecular weight excluding hydrogens is 240 g/mol. The van der Waals surface area contributed by atoms with Gasteiger partial charge in [0.1, 0.15) is 0 Å². The lowest BCUT2D eigenvalue weighted by Crippen LogP contribution is -2.29. The van der Waals surface area contributed by atoms with Gasteiger partial charge in [0.05, 0.1) is 11.2 Å². The van der Waals surface area contributed by atoms with Crippen LogP contribution in [-0.2, 0) is 7.05 Å². The first-order valence-corrected chi connectivity index (χ1v) is 6.96. The molecule has 100 valence electrons. The maximum absolute atomic E-state index is 5.51. The van der Waals surface area contributed by atoms with Crippen LogP contribution in [-0.4, -0.2) is 24.4 Å². The molecule has 1 fully saturated rings. The molecule has 1 aromatic heterocycles. The highest BCUT2D eigenvalue weighted by Gasteiger charge is 2.21. The first-order chi connectivity index (χ1) is 9.33. The molecule has 2 aromatic rings. The minimum Gasteiger partial charge on any atom is -0.454 e. The van der Waals surface area contributed by atoms with Crippen molar-refractivity contribution >= 4 is 16.6 Å². The van der Waals surface area contributed by atoms with Crippen molar-refractivity contribution in [2.75, 3.05) is 24.8 Å². The summed E-state index contributed by atoms with van der Waals surface area (Å²) in [5.41, 5.74) is 2.54. The van der Waals surface area contributed by atoms with E-state index in [-0.39, 0.29) is 0 Å². The largest absolute Gasteiger partial charge is 0.454 e. The molecule has 0 amide bonds. The van der Waals surface area contributed by atoms with E-state index in [1.54, 1.807) is 0 Å². The Balaban J connectivity index is 1.86. The summed E-state index contributed by atoms with van der Waals surface area (Å²) in [5.74, 6) is 1.73. The van der Waals surface area contributed by atoms with Crippen molar-refractivity contribution in [3.63, 3.8) is 0 Å². The van der Waals surface area contributed by atoms with Crippen molar-refractivity contribution in [1.82, 2.24) is 4.57 Å². The molecule has 0 radical (unpaired) electrons. The number of fused-ring (bicyclic) bond motifs is 2. The molecule has 1 saturated heterocycles. The molecular formula is C15H18N2O2. The van der Waals surface area contributed by atoms with Crippen molar-refractivity contribution in [3.05, 3.63) is 18.3 Å². The lowest BCUT2D eigenvalue weighted by Gasteiger charge is -2.28. The molecule has 4 heteroatoms. The topological polar surface area (TPSA) is 26.6 Å². The van der Waals surface area contributed by atoms with Gasteiger partial charge >= 0.3 is 0 Å². The summed E-state index contributed by atoms with van der Waals surface area (Å²) in [5, 5.41) is 1.27. The molecule has 4 nitrogen and oxygen atoms in total. The normalized spacial score (nSPS) is 18.3. The molecule has 0 bridgehead atoms. The van der Waals surface area contributed by atoms with Crippen LogP contribution in [0, 0.1) is 0 Å². The minimum absolute atomic E-state index is 0.338. The van der Waals surface area contributed by atoms with E-state index in [1.807, 2.05) is 0 Å². The molecule has 19 heavy (non-hydrogen) atoms. The molecule has 2 aliphatic rings. The van der Waals surface area contributed by atoms with Crippen molar-refractivity contribution in [3.8, 4) is 11.5 Å². The molecule has 0 atom stereocenters. The molecule has 0 N–H and O–H groups in total. The van der Waals surface area contributed by atoms with Gasteiger partial charge in [-0.1, -0.05) is 0 Å². The first-order valence-electron chi connectivity index (χ1n) is 6.96. The summed E-state index contributed by atoms with van der Waals surface area (Å²) in [4.78, 5) is 2.49. The van der Waals surface area contributed by atoms with E-state index in [0.717, 1.165) is 24.6 Å². The molecule has 0 aliphatic carbocycles. The summed E-state index contributed by atoms with van der Waals surface area (Å²) in [6, 6.07) is 4.21. The summed E-state index contributed by atoms with van der Waals surface area (Å²) >= 11 is 0. The molecule has 0 saturated carbocycles. The Bertz CT molecular complexity index is 627. The molecule has 0 spiro atoms. The Labute approximate surface area is 112 Å². The summed E-state index contributed by atoms with van der Waals surface area (Å²) in [7, 11) is 2.10. The Morgan fingerprint density at radius 2 is 1.74 bits per heavy atom. The number of hydrogen-bond acceptors (Lipinski definition) is 3. The number of hydrogen-bond donors (Lipinski definition) is 0. The van der Waals surface area contributed by atoms with Crippen LogP contribution in [0.2, 0.25) is 0 Å². The quantitative estimate of drug-likeness (QED) is 0.787. The number of ether oxygens (including phenoxy) is 2. The van der Waals surface area contributed by atoms with Gasteiger partial charge < -0.3 is 18.9 Å².